The summed E-state index contributed by atoms with van der Waals surface area (Å²) < 4.78 is 0. The van der Waals surface area contributed by atoms with Crippen molar-refractivity contribution < 1.29 is 0 Å². The van der Waals surface area contributed by atoms with Crippen molar-refractivity contribution in [1.82, 2.24) is 4.98 Å². The first kappa shape index (κ1) is 10.8. The normalized spacial score (nSPS) is 12.9. The maximum Gasteiger partial charge on any atom is 0.147 e. The van der Waals surface area contributed by atoms with Crippen molar-refractivity contribution >= 4 is 23.2 Å². The highest BCUT2D eigenvalue weighted by molar-refractivity contribution is 6.41. The quantitative estimate of drug-likeness (QED) is 0.793. The second-order valence-corrected chi connectivity index (χ2v) is 3.90. The van der Waals surface area contributed by atoms with E-state index >= 15 is 0 Å². The van der Waals surface area contributed by atoms with Crippen molar-refractivity contribution in [2.45, 2.75) is 25.8 Å². The van der Waals surface area contributed by atoms with Gasteiger partial charge in [-0.05, 0) is 31.4 Å². The van der Waals surface area contributed by atoms with Crippen LogP contribution in [0.15, 0.2) is 12.3 Å². The third-order valence-corrected chi connectivity index (χ3v) is 2.43. The summed E-state index contributed by atoms with van der Waals surface area (Å²) in [7, 11) is 0. The van der Waals surface area contributed by atoms with E-state index in [-0.39, 0.29) is 6.04 Å². The van der Waals surface area contributed by atoms with E-state index < -0.39 is 0 Å². The van der Waals surface area contributed by atoms with E-state index in [9.17, 15) is 0 Å². The molecule has 72 valence electrons. The molecular formula is C9H12Cl2N2. The number of nitrogens with zero attached hydrogens (tertiary/aromatic N) is 1. The third kappa shape index (κ3) is 3.51. The van der Waals surface area contributed by atoms with Crippen LogP contribution in [0.2, 0.25) is 10.2 Å². The Bertz CT molecular complexity index is 287. The van der Waals surface area contributed by atoms with Crippen LogP contribution in [0.3, 0.4) is 0 Å². The molecule has 1 heterocycles. The Balaban J connectivity index is 2.63. The van der Waals surface area contributed by atoms with Crippen LogP contribution < -0.4 is 5.73 Å². The van der Waals surface area contributed by atoms with E-state index in [2.05, 4.69) is 4.98 Å². The molecule has 0 aromatic carbocycles. The molecule has 0 amide bonds. The molecule has 1 atom stereocenters. The number of hydrogen-bond donors (Lipinski definition) is 1. The Morgan fingerprint density at radius 2 is 2.23 bits per heavy atom. The lowest BCUT2D eigenvalue weighted by atomic mass is 10.1. The van der Waals surface area contributed by atoms with Gasteiger partial charge in [0.25, 0.3) is 0 Å². The summed E-state index contributed by atoms with van der Waals surface area (Å²) in [6, 6.07) is 2.04. The Morgan fingerprint density at radius 1 is 1.54 bits per heavy atom. The fraction of sp³-hybridized carbons (Fsp3) is 0.444. The molecular weight excluding hydrogens is 207 g/mol. The molecule has 2 nitrogen and oxygen atoms in total. The molecule has 2 N–H and O–H groups in total. The van der Waals surface area contributed by atoms with Crippen LogP contribution in [-0.4, -0.2) is 11.0 Å². The molecule has 1 aromatic heterocycles. The van der Waals surface area contributed by atoms with E-state index in [0.717, 1.165) is 18.4 Å². The zero-order chi connectivity index (χ0) is 9.84. The smallest absolute Gasteiger partial charge is 0.147 e. The number of nitrogens with two attached hydrogens (primary N) is 1. The van der Waals surface area contributed by atoms with Gasteiger partial charge in [0.05, 0.1) is 5.02 Å². The highest BCUT2D eigenvalue weighted by Gasteiger charge is 2.01. The highest BCUT2D eigenvalue weighted by atomic mass is 35.5. The fourth-order valence-corrected chi connectivity index (χ4v) is 1.28. The van der Waals surface area contributed by atoms with Gasteiger partial charge in [0.1, 0.15) is 5.15 Å². The molecule has 0 saturated carbocycles. The molecule has 4 heteroatoms. The summed E-state index contributed by atoms with van der Waals surface area (Å²) in [6.45, 7) is 1.98. The summed E-state index contributed by atoms with van der Waals surface area (Å²) >= 11 is 11.5. The topological polar surface area (TPSA) is 38.9 Å². The zero-order valence-electron chi connectivity index (χ0n) is 7.43. The van der Waals surface area contributed by atoms with E-state index in [0.29, 0.717) is 10.2 Å². The summed E-state index contributed by atoms with van der Waals surface area (Å²) in [5.41, 5.74) is 6.70. The average molecular weight is 219 g/mol. The van der Waals surface area contributed by atoms with Crippen LogP contribution in [0.25, 0.3) is 0 Å². The first-order valence-corrected chi connectivity index (χ1v) is 4.90. The van der Waals surface area contributed by atoms with Crippen molar-refractivity contribution in [2.24, 2.45) is 5.73 Å². The van der Waals surface area contributed by atoms with Gasteiger partial charge in [-0.1, -0.05) is 23.2 Å². The molecule has 1 rings (SSSR count). The van der Waals surface area contributed by atoms with Gasteiger partial charge in [-0.2, -0.15) is 0 Å². The number of rotatable bonds is 3. The lowest BCUT2D eigenvalue weighted by Crippen LogP contribution is -2.15. The average Bonchev–Trinajstić information content (AvgIpc) is 2.07. The van der Waals surface area contributed by atoms with Gasteiger partial charge in [0.15, 0.2) is 0 Å². The van der Waals surface area contributed by atoms with Crippen LogP contribution in [-0.2, 0) is 6.42 Å². The van der Waals surface area contributed by atoms with Gasteiger partial charge in [-0.25, -0.2) is 4.98 Å². The number of pyridine rings is 1. The first-order valence-electron chi connectivity index (χ1n) is 4.15. The van der Waals surface area contributed by atoms with Crippen LogP contribution in [0.4, 0.5) is 0 Å². The zero-order valence-corrected chi connectivity index (χ0v) is 8.94. The molecule has 0 aliphatic heterocycles. The van der Waals surface area contributed by atoms with Crippen molar-refractivity contribution in [3.8, 4) is 0 Å². The fourth-order valence-electron chi connectivity index (χ4n) is 0.992. The second-order valence-electron chi connectivity index (χ2n) is 3.13. The molecule has 0 unspecified atom stereocenters. The molecule has 0 aliphatic rings. The van der Waals surface area contributed by atoms with Crippen molar-refractivity contribution in [3.63, 3.8) is 0 Å². The van der Waals surface area contributed by atoms with Gasteiger partial charge < -0.3 is 5.73 Å². The molecule has 1 aromatic rings. The third-order valence-electron chi connectivity index (χ3n) is 1.74. The van der Waals surface area contributed by atoms with Crippen LogP contribution in [0.5, 0.6) is 0 Å². The minimum atomic E-state index is 0.203. The first-order chi connectivity index (χ1) is 6.09. The molecule has 0 fully saturated rings. The molecule has 13 heavy (non-hydrogen) atoms. The minimum Gasteiger partial charge on any atom is -0.328 e. The lowest BCUT2D eigenvalue weighted by molar-refractivity contribution is 0.665. The summed E-state index contributed by atoms with van der Waals surface area (Å²) in [5.74, 6) is 0. The Labute approximate surface area is 88.1 Å². The Morgan fingerprint density at radius 3 is 2.77 bits per heavy atom. The molecule has 0 spiro atoms. The molecule has 0 radical (unpaired) electrons. The minimum absolute atomic E-state index is 0.203. The van der Waals surface area contributed by atoms with Gasteiger partial charge >= 0.3 is 0 Å². The van der Waals surface area contributed by atoms with Crippen LogP contribution in [0.1, 0.15) is 18.9 Å². The number of aryl methyl sites for hydroxylation is 1. The van der Waals surface area contributed by atoms with Crippen molar-refractivity contribution in [1.29, 1.82) is 0 Å². The number of halogens is 2. The van der Waals surface area contributed by atoms with Crippen LogP contribution >= 0.6 is 23.2 Å². The molecule has 0 bridgehead atoms. The number of aromatic nitrogens is 1. The van der Waals surface area contributed by atoms with Gasteiger partial charge in [-0.3, -0.25) is 0 Å². The monoisotopic (exact) mass is 218 g/mol. The maximum absolute atomic E-state index is 5.80. The second kappa shape index (κ2) is 4.80. The van der Waals surface area contributed by atoms with Crippen molar-refractivity contribution in [3.05, 3.63) is 28.0 Å². The number of hydrogen-bond acceptors (Lipinski definition) is 2. The van der Waals surface area contributed by atoms with Crippen molar-refractivity contribution in [2.75, 3.05) is 0 Å². The summed E-state index contributed by atoms with van der Waals surface area (Å²) in [4.78, 5) is 3.95. The molecule has 0 aliphatic carbocycles. The maximum atomic E-state index is 5.80. The highest BCUT2D eigenvalue weighted by Crippen LogP contribution is 2.20. The predicted molar refractivity (Wildman–Crippen MR) is 56.2 cm³/mol. The van der Waals surface area contributed by atoms with Gasteiger partial charge in [-0.15, -0.1) is 0 Å². The van der Waals surface area contributed by atoms with E-state index in [4.69, 9.17) is 28.9 Å². The summed E-state index contributed by atoms with van der Waals surface area (Å²) in [5, 5.41) is 0.857. The van der Waals surface area contributed by atoms with E-state index in [1.54, 1.807) is 6.20 Å². The SMILES string of the molecule is C[C@@H](N)CCc1cnc(Cl)c(Cl)c1. The lowest BCUT2D eigenvalue weighted by Gasteiger charge is -2.05. The van der Waals surface area contributed by atoms with E-state index in [1.165, 1.54) is 0 Å². The largest absolute Gasteiger partial charge is 0.328 e. The summed E-state index contributed by atoms with van der Waals surface area (Å²) in [6.07, 6.45) is 3.55. The Kier molecular flexibility index (Phi) is 3.97. The van der Waals surface area contributed by atoms with Gasteiger partial charge in [0.2, 0.25) is 0 Å². The Hall–Kier alpha value is -0.310. The molecule has 0 saturated heterocycles. The van der Waals surface area contributed by atoms with Gasteiger partial charge in [0, 0.05) is 12.2 Å². The predicted octanol–water partition coefficient (Wildman–Crippen LogP) is 2.67. The van der Waals surface area contributed by atoms with Crippen LogP contribution in [0, 0.1) is 0 Å². The standard InChI is InChI=1S/C9H12Cl2N2/c1-6(12)2-3-7-4-8(10)9(11)13-5-7/h4-6H,2-3,12H2,1H3/t6-/m1/s1. The van der Waals surface area contributed by atoms with E-state index in [1.807, 2.05) is 13.0 Å².